The van der Waals surface area contributed by atoms with Gasteiger partial charge in [-0.2, -0.15) is 23.3 Å². The van der Waals surface area contributed by atoms with Crippen LogP contribution in [-0.2, 0) is 12.6 Å². The van der Waals surface area contributed by atoms with E-state index in [0.717, 1.165) is 22.1 Å². The molecule has 9 heteroatoms. The van der Waals surface area contributed by atoms with Gasteiger partial charge >= 0.3 is 6.18 Å². The minimum atomic E-state index is -4.49. The highest BCUT2D eigenvalue weighted by molar-refractivity contribution is 5.28. The second kappa shape index (κ2) is 7.19. The fourth-order valence-corrected chi connectivity index (χ4v) is 2.38. The molecule has 1 atom stereocenters. The van der Waals surface area contributed by atoms with Gasteiger partial charge in [-0.05, 0) is 37.6 Å². The summed E-state index contributed by atoms with van der Waals surface area (Å²) in [5.74, 6) is 1.42. The Morgan fingerprint density at radius 1 is 1.19 bits per heavy atom. The van der Waals surface area contributed by atoms with E-state index >= 15 is 0 Å². The number of hydrogen-bond donors (Lipinski definition) is 0. The molecule has 0 aliphatic carbocycles. The van der Waals surface area contributed by atoms with Crippen LogP contribution >= 0.6 is 0 Å². The highest BCUT2D eigenvalue weighted by atomic mass is 19.4. The Balaban J connectivity index is 1.69. The molecule has 0 spiro atoms. The van der Waals surface area contributed by atoms with Crippen molar-refractivity contribution in [1.82, 2.24) is 19.9 Å². The standard InChI is InChI=1S/C17H17F3N4O2/c1-3-25-13-6-4-12(5-7-13)10-15-21-16(26-23-15)11(2)24-9-8-14(22-24)17(18,19)20/h4-9,11H,3,10H2,1-2H3. The van der Waals surface area contributed by atoms with E-state index in [0.29, 0.717) is 18.9 Å². The first kappa shape index (κ1) is 18.0. The van der Waals surface area contributed by atoms with Crippen molar-refractivity contribution < 1.29 is 22.4 Å². The van der Waals surface area contributed by atoms with Crippen molar-refractivity contribution in [1.29, 1.82) is 0 Å². The first-order chi connectivity index (χ1) is 12.4. The summed E-state index contributed by atoms with van der Waals surface area (Å²) in [5.41, 5.74) is 0.00498. The normalized spacial score (nSPS) is 13.0. The lowest BCUT2D eigenvalue weighted by molar-refractivity contribution is -0.141. The van der Waals surface area contributed by atoms with Crippen LogP contribution in [0.2, 0.25) is 0 Å². The summed E-state index contributed by atoms with van der Waals surface area (Å²) in [6, 6.07) is 7.80. The summed E-state index contributed by atoms with van der Waals surface area (Å²) < 4.78 is 49.7. The lowest BCUT2D eigenvalue weighted by atomic mass is 10.1. The van der Waals surface area contributed by atoms with Crippen molar-refractivity contribution in [2.24, 2.45) is 0 Å². The van der Waals surface area contributed by atoms with E-state index in [1.807, 2.05) is 31.2 Å². The molecule has 0 aliphatic rings. The Morgan fingerprint density at radius 2 is 1.92 bits per heavy atom. The average Bonchev–Trinajstić information content (AvgIpc) is 3.25. The molecule has 0 amide bonds. The van der Waals surface area contributed by atoms with Crippen molar-refractivity contribution in [3.63, 3.8) is 0 Å². The molecule has 0 radical (unpaired) electrons. The molecular formula is C17H17F3N4O2. The number of alkyl halides is 3. The van der Waals surface area contributed by atoms with Crippen LogP contribution in [0.25, 0.3) is 0 Å². The Hall–Kier alpha value is -2.84. The molecule has 6 nitrogen and oxygen atoms in total. The highest BCUT2D eigenvalue weighted by Crippen LogP contribution is 2.28. The molecule has 0 bridgehead atoms. The zero-order valence-electron chi connectivity index (χ0n) is 14.2. The van der Waals surface area contributed by atoms with Gasteiger partial charge in [-0.15, -0.1) is 0 Å². The molecule has 3 rings (SSSR count). The van der Waals surface area contributed by atoms with Crippen LogP contribution in [0.1, 0.15) is 42.9 Å². The fourth-order valence-electron chi connectivity index (χ4n) is 2.38. The maximum Gasteiger partial charge on any atom is 0.435 e. The molecule has 138 valence electrons. The summed E-state index contributed by atoms with van der Waals surface area (Å²) in [6.45, 7) is 4.14. The van der Waals surface area contributed by atoms with Gasteiger partial charge in [-0.1, -0.05) is 17.3 Å². The van der Waals surface area contributed by atoms with Crippen LogP contribution < -0.4 is 4.74 Å². The number of ether oxygens (including phenoxy) is 1. The third-order valence-corrected chi connectivity index (χ3v) is 3.73. The van der Waals surface area contributed by atoms with Gasteiger partial charge in [-0.25, -0.2) is 0 Å². The molecule has 0 fully saturated rings. The minimum absolute atomic E-state index is 0.197. The van der Waals surface area contributed by atoms with Gasteiger partial charge in [0.25, 0.3) is 5.89 Å². The predicted molar refractivity (Wildman–Crippen MR) is 85.8 cm³/mol. The Bertz CT molecular complexity index is 856. The van der Waals surface area contributed by atoms with Gasteiger partial charge in [0.2, 0.25) is 0 Å². The zero-order chi connectivity index (χ0) is 18.7. The second-order valence-corrected chi connectivity index (χ2v) is 5.66. The Labute approximate surface area is 147 Å². The smallest absolute Gasteiger partial charge is 0.435 e. The van der Waals surface area contributed by atoms with Crippen LogP contribution in [-0.4, -0.2) is 26.5 Å². The third kappa shape index (κ3) is 4.04. The summed E-state index contributed by atoms with van der Waals surface area (Å²) in [4.78, 5) is 4.26. The van der Waals surface area contributed by atoms with E-state index in [9.17, 15) is 13.2 Å². The molecule has 0 N–H and O–H groups in total. The molecule has 1 aromatic carbocycles. The minimum Gasteiger partial charge on any atom is -0.494 e. The van der Waals surface area contributed by atoms with Gasteiger partial charge in [0.1, 0.15) is 11.8 Å². The van der Waals surface area contributed by atoms with E-state index < -0.39 is 17.9 Å². The molecular weight excluding hydrogens is 349 g/mol. The number of aromatic nitrogens is 4. The largest absolute Gasteiger partial charge is 0.494 e. The average molecular weight is 366 g/mol. The molecule has 0 saturated carbocycles. The van der Waals surface area contributed by atoms with Crippen molar-refractivity contribution in [2.45, 2.75) is 32.5 Å². The number of rotatable bonds is 6. The lowest BCUT2D eigenvalue weighted by Crippen LogP contribution is -2.11. The lowest BCUT2D eigenvalue weighted by Gasteiger charge is -2.07. The van der Waals surface area contributed by atoms with Gasteiger partial charge in [-0.3, -0.25) is 4.68 Å². The van der Waals surface area contributed by atoms with E-state index in [-0.39, 0.29) is 5.89 Å². The SMILES string of the molecule is CCOc1ccc(Cc2noc(C(C)n3ccc(C(F)(F)F)n3)n2)cc1. The quantitative estimate of drug-likeness (QED) is 0.662. The first-order valence-electron chi connectivity index (χ1n) is 8.03. The van der Waals surface area contributed by atoms with Gasteiger partial charge in [0, 0.05) is 12.6 Å². The van der Waals surface area contributed by atoms with Crippen LogP contribution in [0.4, 0.5) is 13.2 Å². The summed E-state index contributed by atoms with van der Waals surface area (Å²) in [6.07, 6.45) is -2.81. The van der Waals surface area contributed by atoms with E-state index in [2.05, 4.69) is 15.2 Å². The van der Waals surface area contributed by atoms with Gasteiger partial charge in [0.05, 0.1) is 6.61 Å². The maximum absolute atomic E-state index is 12.7. The molecule has 3 aromatic rings. The van der Waals surface area contributed by atoms with Crippen molar-refractivity contribution >= 4 is 0 Å². The number of halogens is 3. The topological polar surface area (TPSA) is 66.0 Å². The van der Waals surface area contributed by atoms with Gasteiger partial charge < -0.3 is 9.26 Å². The third-order valence-electron chi connectivity index (χ3n) is 3.73. The van der Waals surface area contributed by atoms with Crippen LogP contribution in [0.5, 0.6) is 5.75 Å². The molecule has 26 heavy (non-hydrogen) atoms. The van der Waals surface area contributed by atoms with E-state index in [1.54, 1.807) is 6.92 Å². The Kier molecular flexibility index (Phi) is 4.97. The van der Waals surface area contributed by atoms with Crippen molar-refractivity contribution in [2.75, 3.05) is 6.61 Å². The predicted octanol–water partition coefficient (Wildman–Crippen LogP) is 3.88. The maximum atomic E-state index is 12.7. The monoisotopic (exact) mass is 366 g/mol. The van der Waals surface area contributed by atoms with Gasteiger partial charge in [0.15, 0.2) is 11.5 Å². The zero-order valence-corrected chi connectivity index (χ0v) is 14.2. The molecule has 2 aromatic heterocycles. The second-order valence-electron chi connectivity index (χ2n) is 5.66. The van der Waals surface area contributed by atoms with Crippen molar-refractivity contribution in [3.8, 4) is 5.75 Å². The fraction of sp³-hybridized carbons (Fsp3) is 0.353. The number of benzene rings is 1. The summed E-state index contributed by atoms with van der Waals surface area (Å²) in [5, 5.41) is 7.42. The molecule has 0 aliphatic heterocycles. The molecule has 0 saturated heterocycles. The summed E-state index contributed by atoms with van der Waals surface area (Å²) in [7, 11) is 0. The van der Waals surface area contributed by atoms with Crippen LogP contribution in [0.3, 0.4) is 0 Å². The van der Waals surface area contributed by atoms with E-state index in [1.165, 1.54) is 6.20 Å². The molecule has 1 unspecified atom stereocenters. The molecule has 2 heterocycles. The van der Waals surface area contributed by atoms with Crippen molar-refractivity contribution in [3.05, 3.63) is 59.5 Å². The first-order valence-corrected chi connectivity index (χ1v) is 8.03. The van der Waals surface area contributed by atoms with Crippen LogP contribution in [0, 0.1) is 0 Å². The van der Waals surface area contributed by atoms with E-state index in [4.69, 9.17) is 9.26 Å². The summed E-state index contributed by atoms with van der Waals surface area (Å²) >= 11 is 0. The van der Waals surface area contributed by atoms with Crippen LogP contribution in [0.15, 0.2) is 41.1 Å². The Morgan fingerprint density at radius 3 is 2.54 bits per heavy atom. The number of nitrogens with zero attached hydrogens (tertiary/aromatic N) is 4. The number of hydrogen-bond acceptors (Lipinski definition) is 5. The highest BCUT2D eigenvalue weighted by Gasteiger charge is 2.34.